The molecule has 3 aromatic rings. The number of carbonyl (C=O) groups is 1. The predicted octanol–water partition coefficient (Wildman–Crippen LogP) is 3.86. The van der Waals surface area contributed by atoms with Crippen molar-refractivity contribution in [2.24, 2.45) is 5.10 Å². The number of hydrogen-bond donors (Lipinski definition) is 1. The van der Waals surface area contributed by atoms with Crippen molar-refractivity contribution in [2.75, 3.05) is 0 Å². The Kier molecular flexibility index (Phi) is 5.32. The zero-order valence-corrected chi connectivity index (χ0v) is 16.2. The first-order valence-corrected chi connectivity index (χ1v) is 9.31. The maximum atomic E-state index is 12.0. The van der Waals surface area contributed by atoms with E-state index in [1.54, 1.807) is 6.21 Å². The Morgan fingerprint density at radius 2 is 1.96 bits per heavy atom. The van der Waals surface area contributed by atoms with E-state index in [1.165, 1.54) is 16.9 Å². The van der Waals surface area contributed by atoms with Crippen molar-refractivity contribution in [3.05, 3.63) is 68.9 Å². The van der Waals surface area contributed by atoms with E-state index in [2.05, 4.69) is 64.3 Å². The van der Waals surface area contributed by atoms with Crippen LogP contribution in [0, 0.1) is 27.7 Å². The number of aromatic nitrogens is 2. The van der Waals surface area contributed by atoms with Gasteiger partial charge in [-0.05, 0) is 45.9 Å². The Hall–Kier alpha value is -2.73. The van der Waals surface area contributed by atoms with Gasteiger partial charge in [-0.15, -0.1) is 11.3 Å². The van der Waals surface area contributed by atoms with Gasteiger partial charge < -0.3 is 4.57 Å². The molecule has 1 N–H and O–H groups in total. The van der Waals surface area contributed by atoms with Crippen LogP contribution < -0.4 is 5.43 Å². The Balaban J connectivity index is 1.70. The first-order valence-electron chi connectivity index (χ1n) is 8.43. The molecule has 1 aromatic carbocycles. The first kappa shape index (κ1) is 18.1. The highest BCUT2D eigenvalue weighted by atomic mass is 32.1. The number of benzene rings is 1. The molecule has 3 rings (SSSR count). The van der Waals surface area contributed by atoms with Crippen LogP contribution in [0.4, 0.5) is 0 Å². The van der Waals surface area contributed by atoms with E-state index >= 15 is 0 Å². The summed E-state index contributed by atoms with van der Waals surface area (Å²) in [5.41, 5.74) is 9.05. The fourth-order valence-electron chi connectivity index (χ4n) is 2.84. The van der Waals surface area contributed by atoms with Crippen LogP contribution in [0.15, 0.2) is 40.8 Å². The van der Waals surface area contributed by atoms with E-state index in [1.807, 2.05) is 19.2 Å². The van der Waals surface area contributed by atoms with Crippen LogP contribution in [-0.4, -0.2) is 21.7 Å². The normalized spacial score (nSPS) is 11.2. The second-order valence-electron chi connectivity index (χ2n) is 6.35. The largest absolute Gasteiger partial charge is 0.318 e. The number of aryl methyl sites for hydroxylation is 3. The van der Waals surface area contributed by atoms with Gasteiger partial charge in [0.05, 0.1) is 12.6 Å². The molecule has 2 heterocycles. The lowest BCUT2D eigenvalue weighted by atomic mass is 10.2. The highest BCUT2D eigenvalue weighted by molar-refractivity contribution is 7.09. The van der Waals surface area contributed by atoms with Gasteiger partial charge in [-0.25, -0.2) is 10.4 Å². The maximum Gasteiger partial charge on any atom is 0.246 e. The lowest BCUT2D eigenvalue weighted by molar-refractivity contribution is -0.120. The third kappa shape index (κ3) is 4.08. The monoisotopic (exact) mass is 366 g/mol. The van der Waals surface area contributed by atoms with Gasteiger partial charge >= 0.3 is 0 Å². The molecule has 2 aromatic heterocycles. The van der Waals surface area contributed by atoms with Gasteiger partial charge in [-0.1, -0.05) is 17.7 Å². The van der Waals surface area contributed by atoms with Crippen LogP contribution >= 0.6 is 11.3 Å². The van der Waals surface area contributed by atoms with Crippen molar-refractivity contribution in [1.82, 2.24) is 15.0 Å². The maximum absolute atomic E-state index is 12.0. The van der Waals surface area contributed by atoms with E-state index in [4.69, 9.17) is 0 Å². The van der Waals surface area contributed by atoms with Gasteiger partial charge in [0, 0.05) is 33.7 Å². The standard InChI is InChI=1S/C20H22N4OS/c1-13-5-7-18(8-6-13)24-15(3)9-17(16(24)4)11-21-23-19(25)10-20-22-14(2)12-26-20/h5-9,11-12H,10H2,1-4H3,(H,23,25)/b21-11-. The van der Waals surface area contributed by atoms with Crippen molar-refractivity contribution < 1.29 is 4.79 Å². The summed E-state index contributed by atoms with van der Waals surface area (Å²) in [4.78, 5) is 16.2. The summed E-state index contributed by atoms with van der Waals surface area (Å²) >= 11 is 1.49. The average Bonchev–Trinajstić information content (AvgIpc) is 3.12. The van der Waals surface area contributed by atoms with Gasteiger partial charge in [-0.3, -0.25) is 4.79 Å². The highest BCUT2D eigenvalue weighted by Crippen LogP contribution is 2.20. The van der Waals surface area contributed by atoms with Gasteiger partial charge in [0.15, 0.2) is 0 Å². The zero-order valence-electron chi connectivity index (χ0n) is 15.4. The van der Waals surface area contributed by atoms with Crippen LogP contribution in [0.1, 0.15) is 33.2 Å². The lowest BCUT2D eigenvalue weighted by Gasteiger charge is -2.09. The molecule has 0 aliphatic carbocycles. The lowest BCUT2D eigenvalue weighted by Crippen LogP contribution is -2.19. The SMILES string of the molecule is Cc1ccc(-n2c(C)cc(/C=N\NC(=O)Cc3nc(C)cs3)c2C)cc1. The molecule has 0 saturated heterocycles. The molecule has 0 bridgehead atoms. The number of rotatable bonds is 5. The van der Waals surface area contributed by atoms with Gasteiger partial charge in [0.25, 0.3) is 0 Å². The molecule has 0 saturated carbocycles. The molecule has 0 radical (unpaired) electrons. The molecule has 6 heteroatoms. The van der Waals surface area contributed by atoms with Gasteiger partial charge in [-0.2, -0.15) is 5.10 Å². The number of hydrogen-bond acceptors (Lipinski definition) is 4. The molecule has 1 amide bonds. The molecule has 5 nitrogen and oxygen atoms in total. The number of nitrogens with zero attached hydrogens (tertiary/aromatic N) is 3. The first-order chi connectivity index (χ1) is 12.4. The quantitative estimate of drug-likeness (QED) is 0.551. The Labute approximate surface area is 157 Å². The van der Waals surface area contributed by atoms with E-state index in [0.29, 0.717) is 0 Å². The molecule has 0 unspecified atom stereocenters. The number of thiazole rings is 1. The highest BCUT2D eigenvalue weighted by Gasteiger charge is 2.10. The summed E-state index contributed by atoms with van der Waals surface area (Å²) in [5.74, 6) is -0.164. The molecule has 0 aliphatic rings. The van der Waals surface area contributed by atoms with Crippen molar-refractivity contribution in [2.45, 2.75) is 34.1 Å². The summed E-state index contributed by atoms with van der Waals surface area (Å²) < 4.78 is 2.18. The number of carbonyl (C=O) groups excluding carboxylic acids is 1. The van der Waals surface area contributed by atoms with Crippen LogP contribution in [0.3, 0.4) is 0 Å². The van der Waals surface area contributed by atoms with Crippen LogP contribution in [0.2, 0.25) is 0 Å². The average molecular weight is 366 g/mol. The smallest absolute Gasteiger partial charge is 0.246 e. The Morgan fingerprint density at radius 1 is 1.23 bits per heavy atom. The second-order valence-corrected chi connectivity index (χ2v) is 7.29. The minimum Gasteiger partial charge on any atom is -0.318 e. The third-order valence-electron chi connectivity index (χ3n) is 4.13. The zero-order chi connectivity index (χ0) is 18.7. The van der Waals surface area contributed by atoms with Crippen molar-refractivity contribution in [3.8, 4) is 5.69 Å². The van der Waals surface area contributed by atoms with E-state index in [-0.39, 0.29) is 12.3 Å². The molecule has 0 fully saturated rings. The summed E-state index contributed by atoms with van der Waals surface area (Å²) in [5, 5.41) is 6.84. The molecular weight excluding hydrogens is 344 g/mol. The fourth-order valence-corrected chi connectivity index (χ4v) is 3.61. The Bertz CT molecular complexity index is 951. The summed E-state index contributed by atoms with van der Waals surface area (Å²) in [6.07, 6.45) is 1.94. The van der Waals surface area contributed by atoms with Crippen LogP contribution in [0.25, 0.3) is 5.69 Å². The van der Waals surface area contributed by atoms with Crippen LogP contribution in [-0.2, 0) is 11.2 Å². The van der Waals surface area contributed by atoms with E-state index in [0.717, 1.165) is 33.3 Å². The fraction of sp³-hybridized carbons (Fsp3) is 0.250. The molecular formula is C20H22N4OS. The minimum atomic E-state index is -0.164. The molecule has 26 heavy (non-hydrogen) atoms. The number of amides is 1. The molecule has 0 aliphatic heterocycles. The number of hydrazone groups is 1. The summed E-state index contributed by atoms with van der Waals surface area (Å²) in [6.45, 7) is 8.11. The third-order valence-corrected chi connectivity index (χ3v) is 5.10. The van der Waals surface area contributed by atoms with Gasteiger partial charge in [0.1, 0.15) is 5.01 Å². The summed E-state index contributed by atoms with van der Waals surface area (Å²) in [6, 6.07) is 10.5. The Morgan fingerprint density at radius 3 is 2.62 bits per heavy atom. The molecule has 0 spiro atoms. The predicted molar refractivity (Wildman–Crippen MR) is 106 cm³/mol. The van der Waals surface area contributed by atoms with Crippen LogP contribution in [0.5, 0.6) is 0 Å². The second kappa shape index (κ2) is 7.66. The van der Waals surface area contributed by atoms with Crippen molar-refractivity contribution in [3.63, 3.8) is 0 Å². The van der Waals surface area contributed by atoms with Gasteiger partial charge in [0.2, 0.25) is 5.91 Å². The van der Waals surface area contributed by atoms with E-state index < -0.39 is 0 Å². The van der Waals surface area contributed by atoms with Crippen molar-refractivity contribution >= 4 is 23.5 Å². The van der Waals surface area contributed by atoms with Crippen molar-refractivity contribution in [1.29, 1.82) is 0 Å². The molecule has 0 atom stereocenters. The van der Waals surface area contributed by atoms with E-state index in [9.17, 15) is 4.79 Å². The summed E-state index contributed by atoms with van der Waals surface area (Å²) in [7, 11) is 0. The minimum absolute atomic E-state index is 0.164. The number of nitrogens with one attached hydrogen (secondary N) is 1. The molecule has 134 valence electrons. The topological polar surface area (TPSA) is 59.3 Å².